The molecule has 1 saturated heterocycles. The van der Waals surface area contributed by atoms with E-state index in [1.165, 1.54) is 12.0 Å². The lowest BCUT2D eigenvalue weighted by molar-refractivity contribution is -0.132. The number of nitrogens with zero attached hydrogens (tertiary/aromatic N) is 2. The highest BCUT2D eigenvalue weighted by molar-refractivity contribution is 7.17. The highest BCUT2D eigenvalue weighted by Gasteiger charge is 2.48. The summed E-state index contributed by atoms with van der Waals surface area (Å²) in [5.74, 6) is -1.98. The molecule has 1 amide bonds. The summed E-state index contributed by atoms with van der Waals surface area (Å²) in [6, 6.07) is 11.4. The van der Waals surface area contributed by atoms with Crippen molar-refractivity contribution in [2.24, 2.45) is 0 Å². The Hall–Kier alpha value is -4.24. The summed E-state index contributed by atoms with van der Waals surface area (Å²) in [6.45, 7) is 9.33. The van der Waals surface area contributed by atoms with Gasteiger partial charge in [0.2, 0.25) is 0 Å². The molecule has 0 radical (unpaired) electrons. The van der Waals surface area contributed by atoms with E-state index in [1.54, 1.807) is 43.3 Å². The van der Waals surface area contributed by atoms with Gasteiger partial charge in [-0.15, -0.1) is 0 Å². The number of anilines is 1. The van der Waals surface area contributed by atoms with Gasteiger partial charge in [-0.25, -0.2) is 9.78 Å². The lowest BCUT2D eigenvalue weighted by atomic mass is 9.94. The smallest absolute Gasteiger partial charge is 0.350 e. The number of carbonyl (C=O) groups is 3. The fraction of sp³-hybridized carbons (Fsp3) is 0.214. The standard InChI is InChI=1S/C28H26N2O6S/c1-6-13-36-20-12-11-19(14-16(20)3)23(31)21-22(18-9-7-15(2)8-10-18)30(26(33)24(21)32)28-29-17(4)25(37-28)27(34)35-5/h6-12,14,22,31H,1,13H2,2-5H3/b23-21-. The minimum atomic E-state index is -0.950. The Labute approximate surface area is 218 Å². The van der Waals surface area contributed by atoms with Crippen molar-refractivity contribution in [2.45, 2.75) is 26.8 Å². The van der Waals surface area contributed by atoms with Gasteiger partial charge < -0.3 is 14.6 Å². The largest absolute Gasteiger partial charge is 0.507 e. The first-order valence-corrected chi connectivity index (χ1v) is 12.3. The van der Waals surface area contributed by atoms with Gasteiger partial charge in [0.05, 0.1) is 24.4 Å². The van der Waals surface area contributed by atoms with Gasteiger partial charge in [0, 0.05) is 5.56 Å². The molecule has 1 unspecified atom stereocenters. The second-order valence-electron chi connectivity index (χ2n) is 8.56. The molecular formula is C28H26N2O6S. The van der Waals surface area contributed by atoms with Crippen LogP contribution in [0.1, 0.15) is 43.7 Å². The number of hydrogen-bond acceptors (Lipinski definition) is 8. The van der Waals surface area contributed by atoms with Crippen molar-refractivity contribution in [1.29, 1.82) is 0 Å². The molecular weight excluding hydrogens is 492 g/mol. The van der Waals surface area contributed by atoms with Gasteiger partial charge >= 0.3 is 11.9 Å². The van der Waals surface area contributed by atoms with Crippen LogP contribution in [0.15, 0.2) is 60.7 Å². The molecule has 2 aromatic carbocycles. The van der Waals surface area contributed by atoms with Crippen LogP contribution in [0.3, 0.4) is 0 Å². The number of aliphatic hydroxyl groups is 1. The Morgan fingerprint density at radius 2 is 1.86 bits per heavy atom. The predicted molar refractivity (Wildman–Crippen MR) is 141 cm³/mol. The van der Waals surface area contributed by atoms with Gasteiger partial charge in [0.1, 0.15) is 23.0 Å². The molecule has 1 N–H and O–H groups in total. The molecule has 1 aromatic heterocycles. The van der Waals surface area contributed by atoms with Crippen molar-refractivity contribution in [3.05, 3.63) is 93.5 Å². The van der Waals surface area contributed by atoms with Crippen LogP contribution in [0.4, 0.5) is 5.13 Å². The number of esters is 1. The Morgan fingerprint density at radius 3 is 2.49 bits per heavy atom. The lowest BCUT2D eigenvalue weighted by Crippen LogP contribution is -2.29. The quantitative estimate of drug-likeness (QED) is 0.153. The summed E-state index contributed by atoms with van der Waals surface area (Å²) in [7, 11) is 1.26. The highest BCUT2D eigenvalue weighted by atomic mass is 32.1. The molecule has 9 heteroatoms. The molecule has 4 rings (SSSR count). The van der Waals surface area contributed by atoms with E-state index >= 15 is 0 Å². The molecule has 0 aliphatic carbocycles. The molecule has 1 aliphatic rings. The number of rotatable bonds is 7. The predicted octanol–water partition coefficient (Wildman–Crippen LogP) is 5.05. The summed E-state index contributed by atoms with van der Waals surface area (Å²) >= 11 is 0.957. The zero-order valence-corrected chi connectivity index (χ0v) is 21.7. The van der Waals surface area contributed by atoms with Gasteiger partial charge in [0.25, 0.3) is 5.78 Å². The number of Topliss-reactive ketones (excluding diaryl/α,β-unsaturated/α-hetero) is 1. The van der Waals surface area contributed by atoms with E-state index in [4.69, 9.17) is 9.47 Å². The van der Waals surface area contributed by atoms with Crippen LogP contribution >= 0.6 is 11.3 Å². The first kappa shape index (κ1) is 25.8. The van der Waals surface area contributed by atoms with Gasteiger partial charge in [-0.1, -0.05) is 53.8 Å². The number of aryl methyl sites for hydroxylation is 3. The van der Waals surface area contributed by atoms with Crippen LogP contribution in [0.25, 0.3) is 5.76 Å². The summed E-state index contributed by atoms with van der Waals surface area (Å²) in [6.07, 6.45) is 1.63. The van der Waals surface area contributed by atoms with E-state index in [0.29, 0.717) is 29.2 Å². The molecule has 3 aromatic rings. The minimum Gasteiger partial charge on any atom is -0.507 e. The maximum absolute atomic E-state index is 13.4. The minimum absolute atomic E-state index is 0.0690. The van der Waals surface area contributed by atoms with E-state index in [9.17, 15) is 19.5 Å². The highest BCUT2D eigenvalue weighted by Crippen LogP contribution is 2.44. The van der Waals surface area contributed by atoms with E-state index in [2.05, 4.69) is 11.6 Å². The fourth-order valence-electron chi connectivity index (χ4n) is 4.12. The number of aliphatic hydroxyl groups excluding tert-OH is 1. The monoisotopic (exact) mass is 518 g/mol. The number of ether oxygens (including phenoxy) is 2. The van der Waals surface area contributed by atoms with Crippen molar-refractivity contribution < 1.29 is 29.0 Å². The molecule has 8 nitrogen and oxygen atoms in total. The molecule has 0 bridgehead atoms. The second kappa shape index (κ2) is 10.4. The summed E-state index contributed by atoms with van der Waals surface area (Å²) in [5.41, 5.74) is 3.02. The molecule has 0 saturated carbocycles. The number of benzene rings is 2. The fourth-order valence-corrected chi connectivity index (χ4v) is 5.14. The number of hydrogen-bond donors (Lipinski definition) is 1. The Bertz CT molecular complexity index is 1440. The maximum atomic E-state index is 13.4. The molecule has 2 heterocycles. The van der Waals surface area contributed by atoms with Gasteiger partial charge in [0.15, 0.2) is 5.13 Å². The number of thiazole rings is 1. The maximum Gasteiger partial charge on any atom is 0.350 e. The number of amides is 1. The van der Waals surface area contributed by atoms with Crippen LogP contribution in [0.2, 0.25) is 0 Å². The van der Waals surface area contributed by atoms with Gasteiger partial charge in [-0.05, 0) is 50.1 Å². The van der Waals surface area contributed by atoms with Crippen molar-refractivity contribution in [3.63, 3.8) is 0 Å². The van der Waals surface area contributed by atoms with Crippen molar-refractivity contribution in [1.82, 2.24) is 4.98 Å². The average Bonchev–Trinajstić information content (AvgIpc) is 3.39. The summed E-state index contributed by atoms with van der Waals surface area (Å²) in [4.78, 5) is 44.8. The second-order valence-corrected chi connectivity index (χ2v) is 9.54. The van der Waals surface area contributed by atoms with E-state index in [-0.39, 0.29) is 21.3 Å². The Morgan fingerprint density at radius 1 is 1.16 bits per heavy atom. The zero-order valence-electron chi connectivity index (χ0n) is 20.9. The molecule has 190 valence electrons. The normalized spacial score (nSPS) is 16.6. The topological polar surface area (TPSA) is 106 Å². The SMILES string of the molecule is C=CCOc1ccc(/C(O)=C2/C(=O)C(=O)N(c3nc(C)c(C(=O)OC)s3)C2c2ccc(C)cc2)cc1C. The van der Waals surface area contributed by atoms with Crippen molar-refractivity contribution >= 4 is 39.9 Å². The summed E-state index contributed by atoms with van der Waals surface area (Å²) in [5, 5.41) is 11.5. The van der Waals surface area contributed by atoms with Crippen LogP contribution in [-0.4, -0.2) is 41.5 Å². The first-order valence-electron chi connectivity index (χ1n) is 11.5. The van der Waals surface area contributed by atoms with E-state index < -0.39 is 23.7 Å². The molecule has 1 aliphatic heterocycles. The van der Waals surface area contributed by atoms with Gasteiger partial charge in [-0.2, -0.15) is 0 Å². The number of methoxy groups -OCH3 is 1. The molecule has 0 spiro atoms. The number of aromatic nitrogens is 1. The third kappa shape index (κ3) is 4.77. The van der Waals surface area contributed by atoms with Crippen LogP contribution < -0.4 is 9.64 Å². The van der Waals surface area contributed by atoms with E-state index in [0.717, 1.165) is 22.5 Å². The lowest BCUT2D eigenvalue weighted by Gasteiger charge is -2.23. The van der Waals surface area contributed by atoms with Crippen LogP contribution in [0, 0.1) is 20.8 Å². The van der Waals surface area contributed by atoms with Crippen LogP contribution in [0.5, 0.6) is 5.75 Å². The molecule has 1 atom stereocenters. The molecule has 37 heavy (non-hydrogen) atoms. The Kier molecular flexibility index (Phi) is 7.26. The average molecular weight is 519 g/mol. The third-order valence-electron chi connectivity index (χ3n) is 6.00. The Balaban J connectivity index is 1.89. The third-order valence-corrected chi connectivity index (χ3v) is 7.14. The number of ketones is 1. The van der Waals surface area contributed by atoms with Crippen LogP contribution in [-0.2, 0) is 14.3 Å². The van der Waals surface area contributed by atoms with Crippen molar-refractivity contribution in [2.75, 3.05) is 18.6 Å². The molecule has 1 fully saturated rings. The van der Waals surface area contributed by atoms with E-state index in [1.807, 2.05) is 26.0 Å². The summed E-state index contributed by atoms with van der Waals surface area (Å²) < 4.78 is 10.4. The first-order chi connectivity index (χ1) is 17.7. The van der Waals surface area contributed by atoms with Crippen molar-refractivity contribution in [3.8, 4) is 5.75 Å². The van der Waals surface area contributed by atoms with Gasteiger partial charge in [-0.3, -0.25) is 14.5 Å². The number of carbonyl (C=O) groups excluding carboxylic acids is 3. The zero-order chi connectivity index (χ0) is 26.9.